The van der Waals surface area contributed by atoms with Crippen molar-refractivity contribution in [2.75, 3.05) is 45.8 Å². The van der Waals surface area contributed by atoms with Crippen molar-refractivity contribution < 1.29 is 71.2 Å². The molecule has 5 amide bonds. The number of aromatic nitrogens is 3. The zero-order chi connectivity index (χ0) is 51.9. The van der Waals surface area contributed by atoms with Crippen molar-refractivity contribution in [3.63, 3.8) is 0 Å². The maximum Gasteiger partial charge on any atom is 0.326 e. The van der Waals surface area contributed by atoms with E-state index in [1.165, 1.54) is 19.1 Å². The molecule has 1 aliphatic rings. The smallest absolute Gasteiger partial charge is 0.326 e. The van der Waals surface area contributed by atoms with Crippen LogP contribution in [-0.2, 0) is 96.5 Å². The molecule has 1 fully saturated rings. The third-order valence-corrected chi connectivity index (χ3v) is 16.0. The lowest BCUT2D eigenvalue weighted by Crippen LogP contribution is -2.48. The van der Waals surface area contributed by atoms with Crippen LogP contribution in [0, 0.1) is 11.8 Å². The number of nitrogens with two attached hydrogens (primary N) is 1. The summed E-state index contributed by atoms with van der Waals surface area (Å²) in [4.78, 5) is 82.3. The van der Waals surface area contributed by atoms with Crippen molar-refractivity contribution in [3.05, 3.63) is 41.7 Å². The van der Waals surface area contributed by atoms with Crippen molar-refractivity contribution >= 4 is 85.0 Å². The minimum atomic E-state index is -3.58. The van der Waals surface area contributed by atoms with Gasteiger partial charge in [0.25, 0.3) is 0 Å². The summed E-state index contributed by atoms with van der Waals surface area (Å²) in [7, 11) is 2.50. The molecular weight excluding hydrogens is 1030 g/mol. The monoisotopic (exact) mass is 1100 g/mol. The SMILES string of the molecule is COP(O)(=S)OCCCCCC(=O)N[C@@H](C(C)C)C(O)C[C@@H](CCCNC(N)=O)C(=O)Nc1ccc(COP(O)(=S)OCCCCc2cn(CCCC(=O)N3CC(O)C[C@@H]3OP(O)(=S)OC)nn2)cc1. The Morgan fingerprint density at radius 3 is 2.21 bits per heavy atom. The Hall–Kier alpha value is -2.45. The number of β-amino-alcohol motifs (C(OH)–C–C–N with tert-alkyl or cyclic N) is 1. The largest absolute Gasteiger partial charge is 0.391 e. The number of nitrogens with one attached hydrogen (secondary N) is 3. The predicted octanol–water partition coefficient (Wildman–Crippen LogP) is 3.97. The van der Waals surface area contributed by atoms with Crippen LogP contribution in [-0.4, -0.2) is 134 Å². The number of urea groups is 1. The fourth-order valence-electron chi connectivity index (χ4n) is 7.26. The molecule has 70 heavy (non-hydrogen) atoms. The van der Waals surface area contributed by atoms with Gasteiger partial charge in [0.15, 0.2) is 0 Å². The zero-order valence-electron chi connectivity index (χ0n) is 40.0. The van der Waals surface area contributed by atoms with Gasteiger partial charge in [-0.25, -0.2) is 4.79 Å². The summed E-state index contributed by atoms with van der Waals surface area (Å²) in [5.74, 6) is -1.73. The number of amides is 5. The van der Waals surface area contributed by atoms with Crippen LogP contribution in [0.25, 0.3) is 0 Å². The van der Waals surface area contributed by atoms with Crippen LogP contribution in [0.4, 0.5) is 10.5 Å². The van der Waals surface area contributed by atoms with Crippen LogP contribution in [0.3, 0.4) is 0 Å². The molecule has 0 saturated carbocycles. The molecule has 398 valence electrons. The Morgan fingerprint density at radius 2 is 1.56 bits per heavy atom. The van der Waals surface area contributed by atoms with E-state index < -0.39 is 56.6 Å². The first-order valence-electron chi connectivity index (χ1n) is 23.0. The highest BCUT2D eigenvalue weighted by atomic mass is 32.5. The molecule has 5 unspecified atom stereocenters. The second-order valence-electron chi connectivity index (χ2n) is 17.0. The normalized spacial score (nSPS) is 18.9. The van der Waals surface area contributed by atoms with E-state index in [0.717, 1.165) is 5.69 Å². The fourth-order valence-corrected chi connectivity index (χ4v) is 9.97. The van der Waals surface area contributed by atoms with Gasteiger partial charge in [0.05, 0.1) is 43.8 Å². The molecule has 1 saturated heterocycles. The second-order valence-corrected chi connectivity index (χ2v) is 25.7. The molecule has 1 aromatic heterocycles. The van der Waals surface area contributed by atoms with Crippen LogP contribution in [0.1, 0.15) is 102 Å². The number of nitrogens with zero attached hydrogens (tertiary/aromatic N) is 4. The van der Waals surface area contributed by atoms with Crippen molar-refractivity contribution in [3.8, 4) is 0 Å². The summed E-state index contributed by atoms with van der Waals surface area (Å²) >= 11 is 14.9. The topological polar surface area (TPSA) is 321 Å². The maximum atomic E-state index is 13.6. The summed E-state index contributed by atoms with van der Waals surface area (Å²) < 4.78 is 32.8. The quantitative estimate of drug-likeness (QED) is 0.0348. The average Bonchev–Trinajstić information content (AvgIpc) is 3.91. The van der Waals surface area contributed by atoms with Crippen LogP contribution in [0.5, 0.6) is 0 Å². The second kappa shape index (κ2) is 31.3. The lowest BCUT2D eigenvalue weighted by atomic mass is 9.88. The molecule has 23 nitrogen and oxygen atoms in total. The van der Waals surface area contributed by atoms with E-state index >= 15 is 0 Å². The number of benzene rings is 1. The lowest BCUT2D eigenvalue weighted by Gasteiger charge is -2.30. The number of unbranched alkanes of at least 4 members (excludes halogenated alkanes) is 3. The van der Waals surface area contributed by atoms with Crippen molar-refractivity contribution in [2.45, 2.75) is 135 Å². The van der Waals surface area contributed by atoms with E-state index in [1.54, 1.807) is 35.1 Å². The van der Waals surface area contributed by atoms with Gasteiger partial charge >= 0.3 is 26.2 Å². The van der Waals surface area contributed by atoms with Crippen molar-refractivity contribution in [1.29, 1.82) is 0 Å². The Morgan fingerprint density at radius 1 is 0.886 bits per heavy atom. The predicted molar refractivity (Wildman–Crippen MR) is 271 cm³/mol. The number of hydrogen-bond acceptors (Lipinski definition) is 17. The van der Waals surface area contributed by atoms with E-state index in [4.69, 9.17) is 68.3 Å². The van der Waals surface area contributed by atoms with E-state index in [0.29, 0.717) is 75.6 Å². The maximum absolute atomic E-state index is 13.6. The van der Waals surface area contributed by atoms with Crippen LogP contribution >= 0.6 is 20.2 Å². The molecular formula is C41H71N8O15P3S3. The molecule has 1 aromatic carbocycles. The molecule has 29 heteroatoms. The number of carbonyl (C=O) groups is 4. The minimum Gasteiger partial charge on any atom is -0.391 e. The highest BCUT2D eigenvalue weighted by molar-refractivity contribution is 8.07. The van der Waals surface area contributed by atoms with Crippen LogP contribution < -0.4 is 21.7 Å². The van der Waals surface area contributed by atoms with Crippen molar-refractivity contribution in [1.82, 2.24) is 30.5 Å². The van der Waals surface area contributed by atoms with Crippen LogP contribution in [0.15, 0.2) is 30.5 Å². The number of anilines is 1. The molecule has 10 N–H and O–H groups in total. The van der Waals surface area contributed by atoms with Gasteiger partial charge in [0.2, 0.25) is 17.7 Å². The number of rotatable bonds is 35. The number of aryl methyl sites for hydroxylation is 2. The van der Waals surface area contributed by atoms with Gasteiger partial charge in [-0.15, -0.1) is 5.10 Å². The number of carbonyl (C=O) groups excluding carboxylic acids is 4. The Labute approximate surface area is 425 Å². The molecule has 2 heterocycles. The minimum absolute atomic E-state index is 0.0296. The standard InChI is InChI=1S/C41H71N8O15P3S3/c1-29(2)39(45-36(52)14-6-5-8-22-61-65(56,68)59-3)35(51)24-31(12-10-20-43-41(42)55)40(54)44-32-18-16-30(17-19-32)28-63-67(58,70)62-23-9-7-13-33-26-48(47-46-33)21-11-15-37(53)49-27-34(50)25-38(49)64-66(57,69)60-4/h16-19,26,29,31,34-35,38-39,50-51H,5-15,20-25,27-28H2,1-4H3,(H,44,54)(H,45,52)(H,56,68)(H,57,69)(H,58,70)(H3,42,43,55)/t31-,34?,35?,38+,39+,65?,66?,67?/m1/s1. The van der Waals surface area contributed by atoms with Gasteiger partial charge in [-0.05, 0) is 117 Å². The Bertz CT molecular complexity index is 2100. The number of aliphatic hydroxyl groups is 2. The summed E-state index contributed by atoms with van der Waals surface area (Å²) in [5, 5.41) is 38.0. The first-order valence-corrected chi connectivity index (χ1v) is 30.8. The van der Waals surface area contributed by atoms with Gasteiger partial charge < -0.3 is 74.1 Å². The summed E-state index contributed by atoms with van der Waals surface area (Å²) in [6.45, 7) is -5.57. The third kappa shape index (κ3) is 24.5. The summed E-state index contributed by atoms with van der Waals surface area (Å²) in [6.07, 6.45) is 4.30. The Balaban J connectivity index is 1.40. The first kappa shape index (κ1) is 61.8. The van der Waals surface area contributed by atoms with E-state index in [-0.39, 0.29) is 82.2 Å². The van der Waals surface area contributed by atoms with Crippen molar-refractivity contribution in [2.24, 2.45) is 17.6 Å². The molecule has 3 rings (SSSR count). The van der Waals surface area contributed by atoms with Gasteiger partial charge in [-0.1, -0.05) is 37.6 Å². The summed E-state index contributed by atoms with van der Waals surface area (Å²) in [5.41, 5.74) is 7.07. The number of aliphatic hydroxyl groups excluding tert-OH is 2. The molecule has 0 spiro atoms. The first-order chi connectivity index (χ1) is 33.0. The number of hydrogen-bond donors (Lipinski definition) is 9. The van der Waals surface area contributed by atoms with E-state index in [1.807, 2.05) is 13.8 Å². The average molecular weight is 1110 g/mol. The number of likely N-dealkylation sites (tertiary alicyclic amines) is 1. The number of primary amides is 1. The highest BCUT2D eigenvalue weighted by Gasteiger charge is 2.38. The Kier molecular flexibility index (Phi) is 27.7. The molecule has 0 bridgehead atoms. The van der Waals surface area contributed by atoms with E-state index in [2.05, 4.69) is 26.3 Å². The highest BCUT2D eigenvalue weighted by Crippen LogP contribution is 2.47. The molecule has 2 aromatic rings. The molecule has 1 aliphatic heterocycles. The van der Waals surface area contributed by atoms with Crippen LogP contribution in [0.2, 0.25) is 0 Å². The van der Waals surface area contributed by atoms with Gasteiger partial charge in [-0.3, -0.25) is 23.6 Å². The fraction of sp³-hybridized carbons (Fsp3) is 0.707. The van der Waals surface area contributed by atoms with Gasteiger partial charge in [0.1, 0.15) is 6.23 Å². The van der Waals surface area contributed by atoms with E-state index in [9.17, 15) is 44.1 Å². The van der Waals surface area contributed by atoms with Gasteiger partial charge in [-0.2, -0.15) is 0 Å². The molecule has 0 radical (unpaired) electrons. The summed E-state index contributed by atoms with van der Waals surface area (Å²) in [6, 6.07) is 5.39. The molecule has 0 aliphatic carbocycles. The zero-order valence-corrected chi connectivity index (χ0v) is 45.2. The molecule has 8 atom stereocenters. The third-order valence-electron chi connectivity index (χ3n) is 11.0. The lowest BCUT2D eigenvalue weighted by molar-refractivity contribution is -0.137. The van der Waals surface area contributed by atoms with Gasteiger partial charge in [0, 0.05) is 70.9 Å².